The number of methoxy groups -OCH3 is 1. The van der Waals surface area contributed by atoms with E-state index < -0.39 is 81.0 Å². The first-order valence-electron chi connectivity index (χ1n) is 20.6. The number of amides is 4. The summed E-state index contributed by atoms with van der Waals surface area (Å²) in [6, 6.07) is 2.79. The first-order chi connectivity index (χ1) is 28.9. The van der Waals surface area contributed by atoms with Crippen LogP contribution in [0.15, 0.2) is 36.5 Å². The summed E-state index contributed by atoms with van der Waals surface area (Å²) in [6.45, 7) is 6.17. The zero-order valence-corrected chi connectivity index (χ0v) is 35.6. The Hall–Kier alpha value is -5.40. The minimum Gasteiger partial charge on any atom is -0.496 e. The summed E-state index contributed by atoms with van der Waals surface area (Å²) in [5, 5.41) is 13.8. The SMILES string of the molecule is COc1ccc2c(O[C@@H]3C[C@H]4C(=O)N[C@]5(C(=O)NS(=O)(=O)C6(C)CC6)C[C@H]5C=CCCCCC[C@H](NC(=O)c5cnn(CC(F)F)n5)C(=O)N4C3)cc(OC(C)C)nc2c1C. The highest BCUT2D eigenvalue weighted by atomic mass is 32.2. The number of carbonyl (C=O) groups is 4. The Balaban J connectivity index is 1.23. The average molecular weight is 871 g/mol. The molecule has 330 valence electrons. The summed E-state index contributed by atoms with van der Waals surface area (Å²) >= 11 is 0. The summed E-state index contributed by atoms with van der Waals surface area (Å²) in [4.78, 5) is 63.5. The van der Waals surface area contributed by atoms with Crippen LogP contribution in [0.25, 0.3) is 10.9 Å². The van der Waals surface area contributed by atoms with Crippen LogP contribution in [0.5, 0.6) is 17.4 Å². The van der Waals surface area contributed by atoms with Crippen LogP contribution in [0, 0.1) is 12.8 Å². The fourth-order valence-electron chi connectivity index (χ4n) is 7.95. The lowest BCUT2D eigenvalue weighted by Crippen LogP contribution is -2.58. The number of nitrogens with one attached hydrogen (secondary N) is 3. The Labute approximate surface area is 352 Å². The predicted octanol–water partition coefficient (Wildman–Crippen LogP) is 3.74. The van der Waals surface area contributed by atoms with Gasteiger partial charge in [0.1, 0.15) is 41.8 Å². The molecule has 20 heteroatoms. The molecule has 3 fully saturated rings. The molecule has 4 amide bonds. The van der Waals surface area contributed by atoms with Gasteiger partial charge in [-0.05, 0) is 78.4 Å². The van der Waals surface area contributed by atoms with Gasteiger partial charge in [-0.3, -0.25) is 23.9 Å². The van der Waals surface area contributed by atoms with Crippen molar-refractivity contribution in [2.24, 2.45) is 5.92 Å². The van der Waals surface area contributed by atoms with Gasteiger partial charge in [0.05, 0.1) is 36.2 Å². The largest absolute Gasteiger partial charge is 0.496 e. The fourth-order valence-corrected chi connectivity index (χ4v) is 9.26. The van der Waals surface area contributed by atoms with Gasteiger partial charge in [0.15, 0.2) is 5.69 Å². The lowest BCUT2D eigenvalue weighted by atomic mass is 10.0. The van der Waals surface area contributed by atoms with Crippen LogP contribution in [-0.4, -0.2) is 112 Å². The molecule has 4 heterocycles. The summed E-state index contributed by atoms with van der Waals surface area (Å²) in [5.41, 5.74) is -0.587. The molecule has 1 saturated heterocycles. The molecule has 2 aromatic heterocycles. The number of allylic oxidation sites excluding steroid dienone is 1. The molecule has 5 atom stereocenters. The van der Waals surface area contributed by atoms with Crippen molar-refractivity contribution in [3.8, 4) is 17.4 Å². The van der Waals surface area contributed by atoms with Crippen molar-refractivity contribution in [1.29, 1.82) is 0 Å². The van der Waals surface area contributed by atoms with Crippen LogP contribution >= 0.6 is 0 Å². The van der Waals surface area contributed by atoms with Crippen molar-refractivity contribution < 1.29 is 50.6 Å². The highest BCUT2D eigenvalue weighted by Crippen LogP contribution is 2.47. The second-order valence-corrected chi connectivity index (χ2v) is 19.0. The fraction of sp³-hybridized carbons (Fsp3) is 0.585. The van der Waals surface area contributed by atoms with E-state index in [0.29, 0.717) is 65.7 Å². The van der Waals surface area contributed by atoms with Crippen LogP contribution in [0.2, 0.25) is 0 Å². The van der Waals surface area contributed by atoms with Crippen LogP contribution in [-0.2, 0) is 31.0 Å². The van der Waals surface area contributed by atoms with Gasteiger partial charge in [0.2, 0.25) is 27.7 Å². The van der Waals surface area contributed by atoms with Gasteiger partial charge in [0.25, 0.3) is 18.2 Å². The summed E-state index contributed by atoms with van der Waals surface area (Å²) in [5.74, 6) is -2.27. The second kappa shape index (κ2) is 17.2. The molecule has 0 radical (unpaired) electrons. The maximum absolute atomic E-state index is 14.8. The van der Waals surface area contributed by atoms with Gasteiger partial charge in [-0.15, -0.1) is 5.10 Å². The summed E-state index contributed by atoms with van der Waals surface area (Å²) in [6.07, 6.45) is 4.50. The molecule has 0 spiro atoms. The molecule has 17 nitrogen and oxygen atoms in total. The van der Waals surface area contributed by atoms with E-state index >= 15 is 0 Å². The molecule has 2 saturated carbocycles. The van der Waals surface area contributed by atoms with Crippen LogP contribution in [0.1, 0.15) is 94.6 Å². The zero-order valence-electron chi connectivity index (χ0n) is 34.8. The lowest BCUT2D eigenvalue weighted by Gasteiger charge is -2.30. The standard InChI is InChI=1S/C41H52F2N8O9S/c1-23(2)59-34-18-32(27-13-14-31(58-5)24(3)35(27)46-34)60-26-17-30-37(53)47-41(39(55)49-61(56,57)40(4)15-16-40)19-25(41)11-9-7-6-8-10-12-28(38(54)50(30)21-26)45-36(52)29-20-44-51(48-29)22-33(42)43/h9,11,13-14,18,20,23,25-26,28,30,33H,6-8,10,12,15-17,19,21-22H2,1-5H3,(H,45,52)(H,47,53)(H,49,55)/t25-,26-,28+,30+,41-/m1/s1. The highest BCUT2D eigenvalue weighted by Gasteiger charge is 2.63. The number of alkyl halides is 2. The Morgan fingerprint density at radius 1 is 1.11 bits per heavy atom. The third-order valence-corrected chi connectivity index (χ3v) is 14.0. The van der Waals surface area contributed by atoms with E-state index in [9.17, 15) is 36.4 Å². The number of pyridine rings is 1. The zero-order chi connectivity index (χ0) is 43.9. The van der Waals surface area contributed by atoms with Crippen molar-refractivity contribution in [1.82, 2.24) is 40.2 Å². The number of hydrogen-bond acceptors (Lipinski definition) is 12. The first-order valence-corrected chi connectivity index (χ1v) is 22.1. The second-order valence-electron chi connectivity index (χ2n) is 16.8. The third kappa shape index (κ3) is 9.28. The molecule has 7 rings (SSSR count). The van der Waals surface area contributed by atoms with Gasteiger partial charge in [0, 0.05) is 29.4 Å². The summed E-state index contributed by atoms with van der Waals surface area (Å²) < 4.78 is 71.8. The van der Waals surface area contributed by atoms with E-state index in [4.69, 9.17) is 19.2 Å². The van der Waals surface area contributed by atoms with Crippen LogP contribution in [0.3, 0.4) is 0 Å². The smallest absolute Gasteiger partial charge is 0.274 e. The maximum Gasteiger partial charge on any atom is 0.274 e. The van der Waals surface area contributed by atoms with E-state index in [2.05, 4.69) is 25.6 Å². The number of ether oxygens (including phenoxy) is 3. The van der Waals surface area contributed by atoms with E-state index in [-0.39, 0.29) is 43.5 Å². The van der Waals surface area contributed by atoms with E-state index in [1.165, 1.54) is 4.90 Å². The topological polar surface area (TPSA) is 213 Å². The van der Waals surface area contributed by atoms with Gasteiger partial charge in [-0.25, -0.2) is 22.2 Å². The Kier molecular flexibility index (Phi) is 12.3. The average Bonchev–Trinajstić information content (AvgIpc) is 3.99. The van der Waals surface area contributed by atoms with E-state index in [1.807, 2.05) is 32.9 Å². The van der Waals surface area contributed by atoms with Crippen molar-refractivity contribution in [3.05, 3.63) is 47.8 Å². The Bertz CT molecular complexity index is 2340. The Morgan fingerprint density at radius 2 is 1.89 bits per heavy atom. The van der Waals surface area contributed by atoms with Gasteiger partial charge in [-0.2, -0.15) is 9.90 Å². The van der Waals surface area contributed by atoms with Crippen LogP contribution < -0.4 is 29.6 Å². The van der Waals surface area contributed by atoms with Gasteiger partial charge < -0.3 is 29.7 Å². The maximum atomic E-state index is 14.8. The van der Waals surface area contributed by atoms with Crippen molar-refractivity contribution in [3.63, 3.8) is 0 Å². The third-order valence-electron chi connectivity index (χ3n) is 11.8. The Morgan fingerprint density at radius 3 is 2.59 bits per heavy atom. The van der Waals surface area contributed by atoms with Crippen molar-refractivity contribution in [2.75, 3.05) is 13.7 Å². The molecule has 2 aliphatic carbocycles. The normalized spacial score (nSPS) is 25.2. The summed E-state index contributed by atoms with van der Waals surface area (Å²) in [7, 11) is -2.50. The van der Waals surface area contributed by atoms with Crippen molar-refractivity contribution >= 4 is 44.6 Å². The van der Waals surface area contributed by atoms with Crippen LogP contribution in [0.4, 0.5) is 8.78 Å². The minimum absolute atomic E-state index is 0.0475. The molecular formula is C41H52F2N8O9S. The number of halogens is 2. The molecule has 4 aliphatic rings. The number of hydrogen-bond donors (Lipinski definition) is 3. The van der Waals surface area contributed by atoms with Gasteiger partial charge >= 0.3 is 0 Å². The minimum atomic E-state index is -4.05. The highest BCUT2D eigenvalue weighted by molar-refractivity contribution is 7.91. The molecule has 1 aromatic carbocycles. The number of aryl methyl sites for hydroxylation is 1. The molecule has 0 unspecified atom stereocenters. The molecule has 0 bridgehead atoms. The quantitative estimate of drug-likeness (QED) is 0.222. The molecular weight excluding hydrogens is 819 g/mol. The predicted molar refractivity (Wildman–Crippen MR) is 217 cm³/mol. The molecule has 3 N–H and O–H groups in total. The monoisotopic (exact) mass is 870 g/mol. The van der Waals surface area contributed by atoms with Gasteiger partial charge in [-0.1, -0.05) is 25.0 Å². The van der Waals surface area contributed by atoms with E-state index in [1.54, 1.807) is 32.2 Å². The number of fused-ring (bicyclic) bond motifs is 3. The van der Waals surface area contributed by atoms with Crippen molar-refractivity contribution in [2.45, 2.75) is 133 Å². The number of aromatic nitrogens is 4. The number of benzene rings is 1. The molecule has 61 heavy (non-hydrogen) atoms. The number of carbonyl (C=O) groups excluding carboxylic acids is 4. The first kappa shape index (κ1) is 43.7. The number of rotatable bonds is 12. The number of sulfonamides is 1. The van der Waals surface area contributed by atoms with E-state index in [0.717, 1.165) is 11.8 Å². The molecule has 2 aliphatic heterocycles. The lowest BCUT2D eigenvalue weighted by molar-refractivity contribution is -0.141. The molecule has 3 aromatic rings. The number of nitrogens with zero attached hydrogens (tertiary/aromatic N) is 5.